The Bertz CT molecular complexity index is 525. The molecule has 2 nitrogen and oxygen atoms in total. The van der Waals surface area contributed by atoms with Crippen LogP contribution in [-0.4, -0.2) is 7.05 Å². The van der Waals surface area contributed by atoms with Gasteiger partial charge < -0.3 is 11.1 Å². The Morgan fingerprint density at radius 2 is 1.94 bits per heavy atom. The van der Waals surface area contributed by atoms with Crippen LogP contribution in [0.1, 0.15) is 22.7 Å². The number of halogens is 1. The first kappa shape index (κ1) is 12.7. The predicted octanol–water partition coefficient (Wildman–Crippen LogP) is 2.59. The molecule has 0 aliphatic rings. The summed E-state index contributed by atoms with van der Waals surface area (Å²) in [6.45, 7) is 0.488. The Hall–Kier alpha value is -1.71. The molecule has 0 saturated heterocycles. The fourth-order valence-corrected chi connectivity index (χ4v) is 2.11. The van der Waals surface area contributed by atoms with Gasteiger partial charge in [-0.2, -0.15) is 0 Å². The Labute approximate surface area is 107 Å². The van der Waals surface area contributed by atoms with E-state index >= 15 is 0 Å². The lowest BCUT2D eigenvalue weighted by Gasteiger charge is -2.18. The first-order valence-corrected chi connectivity index (χ1v) is 5.97. The van der Waals surface area contributed by atoms with Crippen molar-refractivity contribution in [1.82, 2.24) is 5.32 Å². The van der Waals surface area contributed by atoms with Crippen LogP contribution < -0.4 is 11.1 Å². The van der Waals surface area contributed by atoms with Gasteiger partial charge in [0.2, 0.25) is 0 Å². The lowest BCUT2D eigenvalue weighted by atomic mass is 9.97. The van der Waals surface area contributed by atoms with Gasteiger partial charge in [0, 0.05) is 12.1 Å². The number of nitrogens with one attached hydrogen (secondary N) is 1. The van der Waals surface area contributed by atoms with E-state index in [1.54, 1.807) is 12.1 Å². The third kappa shape index (κ3) is 2.58. The zero-order chi connectivity index (χ0) is 13.0. The second kappa shape index (κ2) is 5.76. The summed E-state index contributed by atoms with van der Waals surface area (Å²) < 4.78 is 13.8. The Kier molecular flexibility index (Phi) is 4.07. The summed E-state index contributed by atoms with van der Waals surface area (Å²) in [7, 11) is 1.83. The van der Waals surface area contributed by atoms with Crippen LogP contribution in [-0.2, 0) is 6.54 Å². The van der Waals surface area contributed by atoms with Crippen molar-refractivity contribution in [1.29, 1.82) is 0 Å². The van der Waals surface area contributed by atoms with Gasteiger partial charge in [-0.3, -0.25) is 0 Å². The molecule has 0 spiro atoms. The van der Waals surface area contributed by atoms with Gasteiger partial charge >= 0.3 is 0 Å². The van der Waals surface area contributed by atoms with Crippen molar-refractivity contribution in [2.45, 2.75) is 12.6 Å². The van der Waals surface area contributed by atoms with Gasteiger partial charge in [0.15, 0.2) is 0 Å². The zero-order valence-corrected chi connectivity index (χ0v) is 10.4. The standard InChI is InChI=1S/C15H17FN2/c1-18-15(13-7-2-3-8-14(13)16)12-6-4-5-11(9-12)10-17/h2-9,15,18H,10,17H2,1H3. The summed E-state index contributed by atoms with van der Waals surface area (Å²) in [5, 5.41) is 3.15. The second-order valence-corrected chi connectivity index (χ2v) is 4.19. The molecule has 0 amide bonds. The quantitative estimate of drug-likeness (QED) is 0.867. The predicted molar refractivity (Wildman–Crippen MR) is 71.6 cm³/mol. The van der Waals surface area contributed by atoms with Crippen molar-refractivity contribution in [3.63, 3.8) is 0 Å². The summed E-state index contributed by atoms with van der Waals surface area (Å²) in [5.74, 6) is -0.199. The molecule has 0 heterocycles. The van der Waals surface area contributed by atoms with Gasteiger partial charge in [-0.1, -0.05) is 42.5 Å². The summed E-state index contributed by atoms with van der Waals surface area (Å²) in [4.78, 5) is 0. The SMILES string of the molecule is CNC(c1cccc(CN)c1)c1ccccc1F. The number of hydrogen-bond donors (Lipinski definition) is 2. The third-order valence-corrected chi connectivity index (χ3v) is 3.02. The van der Waals surface area contributed by atoms with E-state index < -0.39 is 0 Å². The Balaban J connectivity index is 2.42. The maximum Gasteiger partial charge on any atom is 0.128 e. The zero-order valence-electron chi connectivity index (χ0n) is 10.4. The molecular formula is C15H17FN2. The van der Waals surface area contributed by atoms with Crippen LogP contribution in [0.25, 0.3) is 0 Å². The van der Waals surface area contributed by atoms with Gasteiger partial charge in [-0.25, -0.2) is 4.39 Å². The Morgan fingerprint density at radius 1 is 1.17 bits per heavy atom. The monoisotopic (exact) mass is 244 g/mol. The van der Waals surface area contributed by atoms with E-state index in [2.05, 4.69) is 5.32 Å². The van der Waals surface area contributed by atoms with Gasteiger partial charge in [-0.15, -0.1) is 0 Å². The van der Waals surface area contributed by atoms with Crippen molar-refractivity contribution in [3.8, 4) is 0 Å². The fraction of sp³-hybridized carbons (Fsp3) is 0.200. The van der Waals surface area contributed by atoms with Gasteiger partial charge in [0.1, 0.15) is 5.82 Å². The van der Waals surface area contributed by atoms with Gasteiger partial charge in [-0.05, 0) is 24.2 Å². The highest BCUT2D eigenvalue weighted by Crippen LogP contribution is 2.24. The van der Waals surface area contributed by atoms with Crippen molar-refractivity contribution >= 4 is 0 Å². The number of rotatable bonds is 4. The topological polar surface area (TPSA) is 38.0 Å². The third-order valence-electron chi connectivity index (χ3n) is 3.02. The van der Waals surface area contributed by atoms with Crippen molar-refractivity contribution < 1.29 is 4.39 Å². The lowest BCUT2D eigenvalue weighted by molar-refractivity contribution is 0.576. The van der Waals surface area contributed by atoms with E-state index in [0.717, 1.165) is 11.1 Å². The largest absolute Gasteiger partial charge is 0.326 e. The molecule has 2 aromatic rings. The van der Waals surface area contributed by atoms with Crippen LogP contribution in [0, 0.1) is 5.82 Å². The lowest BCUT2D eigenvalue weighted by Crippen LogP contribution is -2.19. The number of hydrogen-bond acceptors (Lipinski definition) is 2. The highest BCUT2D eigenvalue weighted by atomic mass is 19.1. The molecule has 2 aromatic carbocycles. The molecule has 0 saturated carbocycles. The highest BCUT2D eigenvalue weighted by molar-refractivity contribution is 5.34. The normalized spacial score (nSPS) is 12.4. The van der Waals surface area contributed by atoms with Crippen LogP contribution >= 0.6 is 0 Å². The molecule has 18 heavy (non-hydrogen) atoms. The maximum absolute atomic E-state index is 13.8. The van der Waals surface area contributed by atoms with Gasteiger partial charge in [0.05, 0.1) is 6.04 Å². The molecule has 2 rings (SSSR count). The maximum atomic E-state index is 13.8. The van der Waals surface area contributed by atoms with Crippen molar-refractivity contribution in [3.05, 3.63) is 71.0 Å². The minimum absolute atomic E-state index is 0.155. The molecule has 1 atom stereocenters. The van der Waals surface area contributed by atoms with E-state index in [9.17, 15) is 4.39 Å². The van der Waals surface area contributed by atoms with Crippen molar-refractivity contribution in [2.24, 2.45) is 5.73 Å². The molecule has 3 N–H and O–H groups in total. The average Bonchev–Trinajstić information content (AvgIpc) is 2.42. The summed E-state index contributed by atoms with van der Waals surface area (Å²) in [5.41, 5.74) is 8.35. The van der Waals surface area contributed by atoms with E-state index in [4.69, 9.17) is 5.73 Å². The first-order valence-electron chi connectivity index (χ1n) is 5.97. The minimum atomic E-state index is -0.199. The van der Waals surface area contributed by atoms with Crippen LogP contribution in [0.4, 0.5) is 4.39 Å². The average molecular weight is 244 g/mol. The van der Waals surface area contributed by atoms with E-state index in [1.165, 1.54) is 6.07 Å². The van der Waals surface area contributed by atoms with Crippen LogP contribution in [0.3, 0.4) is 0 Å². The van der Waals surface area contributed by atoms with E-state index in [-0.39, 0.29) is 11.9 Å². The minimum Gasteiger partial charge on any atom is -0.326 e. The number of benzene rings is 2. The fourth-order valence-electron chi connectivity index (χ4n) is 2.11. The smallest absolute Gasteiger partial charge is 0.128 e. The number of nitrogens with two attached hydrogens (primary N) is 1. The van der Waals surface area contributed by atoms with E-state index in [1.807, 2.05) is 37.4 Å². The summed E-state index contributed by atoms with van der Waals surface area (Å²) in [6, 6.07) is 14.6. The molecule has 0 fully saturated rings. The molecule has 1 unspecified atom stereocenters. The van der Waals surface area contributed by atoms with Gasteiger partial charge in [0.25, 0.3) is 0 Å². The first-order chi connectivity index (χ1) is 8.76. The Morgan fingerprint density at radius 3 is 2.61 bits per heavy atom. The second-order valence-electron chi connectivity index (χ2n) is 4.19. The molecule has 0 aromatic heterocycles. The molecule has 0 radical (unpaired) electrons. The molecule has 0 aliphatic heterocycles. The summed E-state index contributed by atoms with van der Waals surface area (Å²) >= 11 is 0. The van der Waals surface area contributed by atoms with Crippen LogP contribution in [0.2, 0.25) is 0 Å². The van der Waals surface area contributed by atoms with Crippen LogP contribution in [0.5, 0.6) is 0 Å². The molecule has 0 bridgehead atoms. The van der Waals surface area contributed by atoms with Crippen molar-refractivity contribution in [2.75, 3.05) is 7.05 Å². The highest BCUT2D eigenvalue weighted by Gasteiger charge is 2.15. The van der Waals surface area contributed by atoms with E-state index in [0.29, 0.717) is 12.1 Å². The molecule has 94 valence electrons. The molecule has 0 aliphatic carbocycles. The summed E-state index contributed by atoms with van der Waals surface area (Å²) in [6.07, 6.45) is 0. The molecule has 3 heteroatoms. The molecular weight excluding hydrogens is 227 g/mol. The van der Waals surface area contributed by atoms with Crippen LogP contribution in [0.15, 0.2) is 48.5 Å².